The molecule has 0 heterocycles. The maximum absolute atomic E-state index is 11.0. The molecule has 0 aromatic heterocycles. The fraction of sp³-hybridized carbons (Fsp3) is 0.143. The number of nitrogens with zero attached hydrogens (tertiary/aromatic N) is 1. The number of alkyl halides is 1. The number of benzene rings is 2. The van der Waals surface area contributed by atoms with Gasteiger partial charge in [0.1, 0.15) is 12.4 Å². The Hall–Kier alpha value is -1.30. The van der Waals surface area contributed by atoms with Gasteiger partial charge in [-0.3, -0.25) is 10.1 Å². The topological polar surface area (TPSA) is 52.4 Å². The zero-order chi connectivity index (χ0) is 15.4. The first-order valence-corrected chi connectivity index (χ1v) is 7.79. The molecule has 110 valence electrons. The van der Waals surface area contributed by atoms with Crippen molar-refractivity contribution in [3.63, 3.8) is 0 Å². The predicted molar refractivity (Wildman–Crippen MR) is 86.5 cm³/mol. The monoisotopic (exact) mass is 389 g/mol. The highest BCUT2D eigenvalue weighted by atomic mass is 79.9. The van der Waals surface area contributed by atoms with E-state index in [0.29, 0.717) is 26.7 Å². The van der Waals surface area contributed by atoms with Crippen molar-refractivity contribution < 1.29 is 9.66 Å². The van der Waals surface area contributed by atoms with Crippen molar-refractivity contribution >= 4 is 44.8 Å². The second kappa shape index (κ2) is 7.11. The zero-order valence-corrected chi connectivity index (χ0v) is 13.8. The molecule has 0 unspecified atom stereocenters. The van der Waals surface area contributed by atoms with E-state index in [1.165, 1.54) is 18.2 Å². The van der Waals surface area contributed by atoms with Crippen LogP contribution in [-0.2, 0) is 11.9 Å². The van der Waals surface area contributed by atoms with E-state index in [1.807, 2.05) is 0 Å². The minimum Gasteiger partial charge on any atom is -0.488 e. The van der Waals surface area contributed by atoms with Crippen LogP contribution in [0.2, 0.25) is 10.0 Å². The Kier molecular flexibility index (Phi) is 5.45. The molecular weight excluding hydrogens is 381 g/mol. The Morgan fingerprint density at radius 2 is 2.00 bits per heavy atom. The fourth-order valence-electron chi connectivity index (χ4n) is 1.81. The summed E-state index contributed by atoms with van der Waals surface area (Å²) in [6.07, 6.45) is 0. The molecule has 0 saturated heterocycles. The van der Waals surface area contributed by atoms with E-state index in [9.17, 15) is 10.1 Å². The van der Waals surface area contributed by atoms with Gasteiger partial charge in [-0.05, 0) is 24.3 Å². The first kappa shape index (κ1) is 16.1. The second-order valence-electron chi connectivity index (χ2n) is 4.17. The minimum absolute atomic E-state index is 0.0261. The maximum atomic E-state index is 11.0. The van der Waals surface area contributed by atoms with Gasteiger partial charge in [-0.1, -0.05) is 45.2 Å². The number of hydrogen-bond donors (Lipinski definition) is 0. The van der Waals surface area contributed by atoms with Gasteiger partial charge in [-0.2, -0.15) is 0 Å². The van der Waals surface area contributed by atoms with Crippen molar-refractivity contribution in [2.75, 3.05) is 0 Å². The van der Waals surface area contributed by atoms with Crippen LogP contribution in [0.4, 0.5) is 5.69 Å². The third-order valence-electron chi connectivity index (χ3n) is 2.83. The highest BCUT2D eigenvalue weighted by Gasteiger charge is 2.15. The van der Waals surface area contributed by atoms with E-state index in [1.54, 1.807) is 18.2 Å². The molecule has 0 bridgehead atoms. The molecule has 0 fully saturated rings. The third kappa shape index (κ3) is 3.87. The van der Waals surface area contributed by atoms with Crippen LogP contribution >= 0.6 is 39.1 Å². The molecule has 0 aliphatic rings. The number of rotatable bonds is 5. The fourth-order valence-corrected chi connectivity index (χ4v) is 2.97. The summed E-state index contributed by atoms with van der Waals surface area (Å²) >= 11 is 15.3. The molecule has 2 aromatic rings. The SMILES string of the molecule is O=[N+]([O-])c1ccc(Cl)cc1COc1cccc(Cl)c1CBr. The lowest BCUT2D eigenvalue weighted by Gasteiger charge is -2.11. The number of halogens is 3. The van der Waals surface area contributed by atoms with Crippen LogP contribution in [0.5, 0.6) is 5.75 Å². The molecule has 0 spiro atoms. The van der Waals surface area contributed by atoms with Crippen molar-refractivity contribution in [2.24, 2.45) is 0 Å². The smallest absolute Gasteiger partial charge is 0.276 e. The molecule has 4 nitrogen and oxygen atoms in total. The lowest BCUT2D eigenvalue weighted by atomic mass is 10.2. The summed E-state index contributed by atoms with van der Waals surface area (Å²) in [5.74, 6) is 0.577. The van der Waals surface area contributed by atoms with Crippen molar-refractivity contribution in [1.29, 1.82) is 0 Å². The number of nitro benzene ring substituents is 1. The zero-order valence-electron chi connectivity index (χ0n) is 10.7. The average molecular weight is 391 g/mol. The van der Waals surface area contributed by atoms with E-state index in [2.05, 4.69) is 15.9 Å². The Balaban J connectivity index is 2.26. The van der Waals surface area contributed by atoms with Gasteiger partial charge in [-0.25, -0.2) is 0 Å². The highest BCUT2D eigenvalue weighted by Crippen LogP contribution is 2.30. The molecule has 0 radical (unpaired) electrons. The van der Waals surface area contributed by atoms with E-state index < -0.39 is 4.92 Å². The summed E-state index contributed by atoms with van der Waals surface area (Å²) in [5.41, 5.74) is 1.18. The van der Waals surface area contributed by atoms with E-state index in [0.717, 1.165) is 5.56 Å². The number of ether oxygens (including phenoxy) is 1. The van der Waals surface area contributed by atoms with Crippen molar-refractivity contribution in [3.05, 3.63) is 67.7 Å². The normalized spacial score (nSPS) is 10.4. The first-order valence-electron chi connectivity index (χ1n) is 5.92. The Morgan fingerprint density at radius 1 is 1.24 bits per heavy atom. The number of nitro groups is 1. The van der Waals surface area contributed by atoms with Crippen LogP contribution in [-0.4, -0.2) is 4.92 Å². The van der Waals surface area contributed by atoms with Crippen LogP contribution in [0.1, 0.15) is 11.1 Å². The largest absolute Gasteiger partial charge is 0.488 e. The van der Waals surface area contributed by atoms with Gasteiger partial charge in [0.2, 0.25) is 0 Å². The summed E-state index contributed by atoms with van der Waals surface area (Å²) in [6.45, 7) is 0.0389. The van der Waals surface area contributed by atoms with Crippen LogP contribution in [0.15, 0.2) is 36.4 Å². The summed E-state index contributed by atoms with van der Waals surface area (Å²) < 4.78 is 5.66. The lowest BCUT2D eigenvalue weighted by molar-refractivity contribution is -0.385. The Morgan fingerprint density at radius 3 is 2.67 bits per heavy atom. The number of hydrogen-bond acceptors (Lipinski definition) is 3. The van der Waals surface area contributed by atoms with Gasteiger partial charge in [0.25, 0.3) is 5.69 Å². The molecule has 0 amide bonds. The lowest BCUT2D eigenvalue weighted by Crippen LogP contribution is -2.02. The van der Waals surface area contributed by atoms with Gasteiger partial charge in [-0.15, -0.1) is 0 Å². The molecule has 7 heteroatoms. The maximum Gasteiger partial charge on any atom is 0.276 e. The van der Waals surface area contributed by atoms with Crippen LogP contribution in [0.25, 0.3) is 0 Å². The minimum atomic E-state index is -0.460. The third-order valence-corrected chi connectivity index (χ3v) is 3.98. The van der Waals surface area contributed by atoms with Crippen LogP contribution < -0.4 is 4.74 Å². The van der Waals surface area contributed by atoms with E-state index >= 15 is 0 Å². The molecule has 2 aromatic carbocycles. The summed E-state index contributed by atoms with van der Waals surface area (Å²) in [4.78, 5) is 10.5. The quantitative estimate of drug-likeness (QED) is 0.391. The Bertz CT molecular complexity index is 679. The molecular formula is C14H10BrCl2NO3. The molecule has 0 saturated carbocycles. The van der Waals surface area contributed by atoms with Crippen molar-refractivity contribution in [3.8, 4) is 5.75 Å². The highest BCUT2D eigenvalue weighted by molar-refractivity contribution is 9.08. The van der Waals surface area contributed by atoms with Crippen LogP contribution in [0.3, 0.4) is 0 Å². The van der Waals surface area contributed by atoms with E-state index in [-0.39, 0.29) is 12.3 Å². The Labute approximate surface area is 139 Å². The predicted octanol–water partition coefficient (Wildman–Crippen LogP) is 5.38. The standard InChI is InChI=1S/C14H10BrCl2NO3/c15-7-11-12(17)2-1-3-14(11)21-8-9-6-10(16)4-5-13(9)18(19)20/h1-6H,7-8H2. The summed E-state index contributed by atoms with van der Waals surface area (Å²) in [5, 5.41) is 12.5. The van der Waals surface area contributed by atoms with Gasteiger partial charge in [0, 0.05) is 27.0 Å². The first-order chi connectivity index (χ1) is 10.0. The van der Waals surface area contributed by atoms with Crippen molar-refractivity contribution in [2.45, 2.75) is 11.9 Å². The summed E-state index contributed by atoms with van der Waals surface area (Å²) in [6, 6.07) is 9.65. The summed E-state index contributed by atoms with van der Waals surface area (Å²) in [7, 11) is 0. The molecule has 21 heavy (non-hydrogen) atoms. The molecule has 0 aliphatic heterocycles. The van der Waals surface area contributed by atoms with Gasteiger partial charge in [0.15, 0.2) is 0 Å². The van der Waals surface area contributed by atoms with Gasteiger partial charge < -0.3 is 4.74 Å². The molecule has 2 rings (SSSR count). The molecule has 0 aliphatic carbocycles. The second-order valence-corrected chi connectivity index (χ2v) is 5.57. The van der Waals surface area contributed by atoms with Crippen LogP contribution in [0, 0.1) is 10.1 Å². The van der Waals surface area contributed by atoms with Gasteiger partial charge >= 0.3 is 0 Å². The van der Waals surface area contributed by atoms with E-state index in [4.69, 9.17) is 27.9 Å². The van der Waals surface area contributed by atoms with Crippen molar-refractivity contribution in [1.82, 2.24) is 0 Å². The molecule has 0 atom stereocenters. The van der Waals surface area contributed by atoms with Gasteiger partial charge in [0.05, 0.1) is 10.5 Å². The molecule has 0 N–H and O–H groups in total. The average Bonchev–Trinajstić information content (AvgIpc) is 2.44.